The average molecular weight is 456 g/mol. The Kier molecular flexibility index (Phi) is 4.61. The van der Waals surface area contributed by atoms with Crippen molar-refractivity contribution in [3.05, 3.63) is 94.0 Å². The monoisotopic (exact) mass is 455 g/mol. The lowest BCUT2D eigenvalue weighted by atomic mass is 9.85. The van der Waals surface area contributed by atoms with E-state index in [4.69, 9.17) is 0 Å². The second-order valence-electron chi connectivity index (χ2n) is 9.22. The first-order chi connectivity index (χ1) is 15.9. The van der Waals surface area contributed by atoms with Gasteiger partial charge in [0.2, 0.25) is 0 Å². The van der Waals surface area contributed by atoms with Crippen LogP contribution in [0.1, 0.15) is 16.8 Å². The Morgan fingerprint density at radius 2 is 1.76 bits per heavy atom. The van der Waals surface area contributed by atoms with Gasteiger partial charge < -0.3 is 4.57 Å². The highest BCUT2D eigenvalue weighted by Gasteiger charge is 2.35. The molecule has 0 saturated heterocycles. The molecule has 0 saturated carbocycles. The Labute approximate surface area is 192 Å². The number of rotatable bonds is 3. The van der Waals surface area contributed by atoms with Crippen molar-refractivity contribution in [2.75, 3.05) is 0 Å². The van der Waals surface area contributed by atoms with Crippen LogP contribution in [-0.2, 0) is 36.4 Å². The van der Waals surface area contributed by atoms with E-state index in [1.54, 1.807) is 0 Å². The van der Waals surface area contributed by atoms with Gasteiger partial charge in [-0.1, -0.05) is 66.8 Å². The van der Waals surface area contributed by atoms with E-state index in [9.17, 15) is 13.0 Å². The summed E-state index contributed by atoms with van der Waals surface area (Å²) in [5.41, 5.74) is 4.46. The predicted molar refractivity (Wildman–Crippen MR) is 134 cm³/mol. The molecule has 6 rings (SSSR count). The minimum Gasteiger partial charge on any atom is -0.348 e. The smallest absolute Gasteiger partial charge is 0.268 e. The Bertz CT molecular complexity index is 1690. The molecule has 0 aliphatic heterocycles. The van der Waals surface area contributed by atoms with Gasteiger partial charge in [-0.05, 0) is 69.1 Å². The molecule has 33 heavy (non-hydrogen) atoms. The lowest BCUT2D eigenvalue weighted by Gasteiger charge is -2.27. The molecule has 3 aromatic carbocycles. The summed E-state index contributed by atoms with van der Waals surface area (Å²) < 4.78 is 37.1. The SMILES string of the molecule is Cn1c(CC2C=c3c(ccc4c5c(ccc34)CC=CC=5)CC2S(=O)(=O)O)cc2ccccc21. The summed E-state index contributed by atoms with van der Waals surface area (Å²) in [7, 11) is -2.19. The third-order valence-corrected chi connectivity index (χ3v) is 8.64. The molecule has 0 fully saturated rings. The summed E-state index contributed by atoms with van der Waals surface area (Å²) in [5.74, 6) is -0.318. The van der Waals surface area contributed by atoms with Crippen molar-refractivity contribution >= 4 is 43.9 Å². The standard InChI is InChI=1S/C28H25NO3S/c1-29-22(14-20-7-3-5-9-27(20)29)15-21-16-26-19(17-28(21)33(30,31)32)11-13-24-23-8-4-2-6-18(23)10-12-25(24)26/h2-5,7-14,16,21,28H,6,15,17H2,1H3,(H,30,31,32). The van der Waals surface area contributed by atoms with E-state index >= 15 is 0 Å². The third-order valence-electron chi connectivity index (χ3n) is 7.36. The number of allylic oxidation sites excluding steroid dienone is 2. The maximum Gasteiger partial charge on any atom is 0.268 e. The summed E-state index contributed by atoms with van der Waals surface area (Å²) in [6.45, 7) is 0. The van der Waals surface area contributed by atoms with Crippen LogP contribution in [0, 0.1) is 5.92 Å². The lowest BCUT2D eigenvalue weighted by Crippen LogP contribution is -2.38. The van der Waals surface area contributed by atoms with E-state index in [0.29, 0.717) is 12.8 Å². The minimum atomic E-state index is -4.20. The Morgan fingerprint density at radius 1 is 1.00 bits per heavy atom. The third kappa shape index (κ3) is 3.35. The Balaban J connectivity index is 1.55. The van der Waals surface area contributed by atoms with Gasteiger partial charge in [0.25, 0.3) is 10.1 Å². The van der Waals surface area contributed by atoms with E-state index in [0.717, 1.165) is 39.2 Å². The molecule has 166 valence electrons. The van der Waals surface area contributed by atoms with Crippen LogP contribution in [0.25, 0.3) is 33.8 Å². The van der Waals surface area contributed by atoms with Gasteiger partial charge in [-0.15, -0.1) is 0 Å². The number of aromatic nitrogens is 1. The number of hydrogen-bond donors (Lipinski definition) is 1. The first kappa shape index (κ1) is 20.5. The molecular weight excluding hydrogens is 430 g/mol. The van der Waals surface area contributed by atoms with E-state index in [1.807, 2.05) is 25.2 Å². The van der Waals surface area contributed by atoms with Gasteiger partial charge >= 0.3 is 0 Å². The summed E-state index contributed by atoms with van der Waals surface area (Å²) >= 11 is 0. The summed E-state index contributed by atoms with van der Waals surface area (Å²) in [6.07, 6.45) is 10.3. The largest absolute Gasteiger partial charge is 0.348 e. The second kappa shape index (κ2) is 7.44. The summed E-state index contributed by atoms with van der Waals surface area (Å²) in [4.78, 5) is 0. The number of nitrogens with zero attached hydrogens (tertiary/aromatic N) is 1. The highest BCUT2D eigenvalue weighted by Crippen LogP contribution is 2.29. The quantitative estimate of drug-likeness (QED) is 0.480. The van der Waals surface area contributed by atoms with Crippen LogP contribution in [0.5, 0.6) is 0 Å². The molecule has 2 unspecified atom stereocenters. The Hall–Kier alpha value is -3.15. The fourth-order valence-corrected chi connectivity index (χ4v) is 6.65. The van der Waals surface area contributed by atoms with Crippen LogP contribution in [-0.4, -0.2) is 22.8 Å². The van der Waals surface area contributed by atoms with Crippen LogP contribution in [0.15, 0.2) is 66.7 Å². The van der Waals surface area contributed by atoms with E-state index in [1.165, 1.54) is 16.2 Å². The number of para-hydroxylation sites is 1. The fourth-order valence-electron chi connectivity index (χ4n) is 5.64. The van der Waals surface area contributed by atoms with Gasteiger partial charge in [-0.25, -0.2) is 0 Å². The molecule has 4 aromatic rings. The van der Waals surface area contributed by atoms with Gasteiger partial charge in [0.05, 0.1) is 5.25 Å². The van der Waals surface area contributed by atoms with Crippen LogP contribution in [0.4, 0.5) is 0 Å². The van der Waals surface area contributed by atoms with Gasteiger partial charge in [0, 0.05) is 24.2 Å². The molecule has 0 radical (unpaired) electrons. The zero-order valence-electron chi connectivity index (χ0n) is 18.4. The van der Waals surface area contributed by atoms with Crippen molar-refractivity contribution in [3.8, 4) is 0 Å². The second-order valence-corrected chi connectivity index (χ2v) is 10.9. The first-order valence-corrected chi connectivity index (χ1v) is 12.8. The molecule has 2 atom stereocenters. The van der Waals surface area contributed by atoms with Crippen molar-refractivity contribution in [1.29, 1.82) is 0 Å². The fraction of sp³-hybridized carbons (Fsp3) is 0.214. The average Bonchev–Trinajstić information content (AvgIpc) is 3.13. The van der Waals surface area contributed by atoms with Crippen molar-refractivity contribution in [2.24, 2.45) is 13.0 Å². The predicted octanol–water partition coefficient (Wildman–Crippen LogP) is 3.68. The molecule has 1 aromatic heterocycles. The normalized spacial score (nSPS) is 19.7. The topological polar surface area (TPSA) is 59.3 Å². The summed E-state index contributed by atoms with van der Waals surface area (Å²) in [6, 6.07) is 18.8. The van der Waals surface area contributed by atoms with E-state index < -0.39 is 15.4 Å². The molecule has 2 aliphatic rings. The molecule has 0 spiro atoms. The first-order valence-electron chi connectivity index (χ1n) is 11.3. The van der Waals surface area contributed by atoms with Crippen molar-refractivity contribution in [1.82, 2.24) is 4.57 Å². The van der Waals surface area contributed by atoms with Gasteiger partial charge in [0.15, 0.2) is 0 Å². The zero-order chi connectivity index (χ0) is 22.7. The van der Waals surface area contributed by atoms with Crippen LogP contribution in [0.3, 0.4) is 0 Å². The van der Waals surface area contributed by atoms with Crippen LogP contribution in [0.2, 0.25) is 0 Å². The van der Waals surface area contributed by atoms with Crippen LogP contribution >= 0.6 is 0 Å². The van der Waals surface area contributed by atoms with Crippen molar-refractivity contribution in [3.63, 3.8) is 0 Å². The van der Waals surface area contributed by atoms with E-state index in [2.05, 4.69) is 65.3 Å². The van der Waals surface area contributed by atoms with Crippen molar-refractivity contribution in [2.45, 2.75) is 24.5 Å². The number of hydrogen-bond acceptors (Lipinski definition) is 2. The number of aryl methyl sites for hydroxylation is 1. The Morgan fingerprint density at radius 3 is 2.55 bits per heavy atom. The molecule has 4 nitrogen and oxygen atoms in total. The van der Waals surface area contributed by atoms with Gasteiger partial charge in [0.1, 0.15) is 0 Å². The van der Waals surface area contributed by atoms with Gasteiger partial charge in [-0.3, -0.25) is 4.55 Å². The van der Waals surface area contributed by atoms with E-state index in [-0.39, 0.29) is 5.92 Å². The van der Waals surface area contributed by atoms with Crippen LogP contribution < -0.4 is 10.4 Å². The minimum absolute atomic E-state index is 0.315. The molecule has 2 aliphatic carbocycles. The number of benzene rings is 3. The zero-order valence-corrected chi connectivity index (χ0v) is 19.2. The molecule has 0 amide bonds. The molecule has 1 N–H and O–H groups in total. The molecule has 1 heterocycles. The molecule has 0 bridgehead atoms. The highest BCUT2D eigenvalue weighted by molar-refractivity contribution is 7.86. The maximum atomic E-state index is 12.4. The lowest BCUT2D eigenvalue weighted by molar-refractivity contribution is 0.442. The van der Waals surface area contributed by atoms with Crippen molar-refractivity contribution < 1.29 is 13.0 Å². The summed E-state index contributed by atoms with van der Waals surface area (Å²) in [5, 5.41) is 4.97. The maximum absolute atomic E-state index is 12.4. The molecular formula is C28H25NO3S. The number of fused-ring (bicyclic) bond motifs is 6. The highest BCUT2D eigenvalue weighted by atomic mass is 32.2. The van der Waals surface area contributed by atoms with Gasteiger partial charge in [-0.2, -0.15) is 8.42 Å². The molecule has 5 heteroatoms.